The largest absolute Gasteiger partial charge is 0.384 e. The molecule has 0 aliphatic heterocycles. The fraction of sp³-hybridized carbons (Fsp3) is 0.133. The van der Waals surface area contributed by atoms with Gasteiger partial charge < -0.3 is 10.6 Å². The highest BCUT2D eigenvalue weighted by Crippen LogP contribution is 2.18. The molecule has 3 N–H and O–H groups in total. The molecule has 2 aromatic carbocycles. The van der Waals surface area contributed by atoms with Crippen molar-refractivity contribution in [3.05, 3.63) is 65.5 Å². The van der Waals surface area contributed by atoms with E-state index >= 15 is 0 Å². The van der Waals surface area contributed by atoms with Crippen LogP contribution in [-0.4, -0.2) is 12.9 Å². The van der Waals surface area contributed by atoms with E-state index in [0.717, 1.165) is 11.3 Å². The number of anilines is 1. The van der Waals surface area contributed by atoms with Crippen LogP contribution < -0.4 is 10.6 Å². The van der Waals surface area contributed by atoms with Crippen molar-refractivity contribution in [2.24, 2.45) is 5.73 Å². The minimum atomic E-state index is -0.260. The first-order valence-electron chi connectivity index (χ1n) is 5.97. The lowest BCUT2D eigenvalue weighted by Gasteiger charge is -2.21. The van der Waals surface area contributed by atoms with Crippen molar-refractivity contribution < 1.29 is 4.39 Å². The van der Waals surface area contributed by atoms with Crippen LogP contribution in [0.3, 0.4) is 0 Å². The molecule has 0 heterocycles. The third-order valence-electron chi connectivity index (χ3n) is 2.96. The maximum atomic E-state index is 13.2. The van der Waals surface area contributed by atoms with Crippen molar-refractivity contribution >= 4 is 11.5 Å². The summed E-state index contributed by atoms with van der Waals surface area (Å²) in [5, 5.41) is 7.56. The van der Waals surface area contributed by atoms with Crippen LogP contribution in [0.4, 0.5) is 10.1 Å². The van der Waals surface area contributed by atoms with Gasteiger partial charge in [-0.25, -0.2) is 4.39 Å². The predicted octanol–water partition coefficient (Wildman–Crippen LogP) is 2.75. The van der Waals surface area contributed by atoms with Crippen LogP contribution in [0.25, 0.3) is 0 Å². The Bertz CT molecular complexity index is 595. The Balaban J connectivity index is 2.24. The van der Waals surface area contributed by atoms with Crippen molar-refractivity contribution in [1.29, 1.82) is 5.41 Å². The lowest BCUT2D eigenvalue weighted by molar-refractivity contribution is 0.627. The van der Waals surface area contributed by atoms with Gasteiger partial charge >= 0.3 is 0 Å². The first kappa shape index (κ1) is 13.1. The molecular weight excluding hydrogens is 241 g/mol. The lowest BCUT2D eigenvalue weighted by Crippen LogP contribution is -2.20. The SMILES string of the molecule is CN(Cc1ccccc1C(=N)N)c1cccc(F)c1. The molecule has 3 nitrogen and oxygen atoms in total. The summed E-state index contributed by atoms with van der Waals surface area (Å²) in [6.07, 6.45) is 0. The second-order valence-electron chi connectivity index (χ2n) is 4.41. The normalized spacial score (nSPS) is 10.2. The van der Waals surface area contributed by atoms with Crippen LogP contribution in [-0.2, 0) is 6.54 Å². The van der Waals surface area contributed by atoms with E-state index in [1.54, 1.807) is 6.07 Å². The summed E-state index contributed by atoms with van der Waals surface area (Å²) in [5.74, 6) is -0.215. The zero-order valence-electron chi connectivity index (χ0n) is 10.7. The van der Waals surface area contributed by atoms with Gasteiger partial charge in [0.2, 0.25) is 0 Å². The maximum absolute atomic E-state index is 13.2. The highest BCUT2D eigenvalue weighted by Gasteiger charge is 2.08. The molecule has 2 rings (SSSR count). The third-order valence-corrected chi connectivity index (χ3v) is 2.96. The highest BCUT2D eigenvalue weighted by molar-refractivity contribution is 5.96. The van der Waals surface area contributed by atoms with E-state index in [9.17, 15) is 4.39 Å². The molecule has 0 aromatic heterocycles. The van der Waals surface area contributed by atoms with Crippen LogP contribution in [0.5, 0.6) is 0 Å². The fourth-order valence-electron chi connectivity index (χ4n) is 1.98. The van der Waals surface area contributed by atoms with Gasteiger partial charge in [-0.1, -0.05) is 30.3 Å². The molecule has 2 aromatic rings. The molecule has 0 fully saturated rings. The molecule has 4 heteroatoms. The quantitative estimate of drug-likeness (QED) is 0.653. The monoisotopic (exact) mass is 257 g/mol. The second-order valence-corrected chi connectivity index (χ2v) is 4.41. The number of rotatable bonds is 4. The molecule has 0 saturated carbocycles. The summed E-state index contributed by atoms with van der Waals surface area (Å²) in [5.41, 5.74) is 8.01. The minimum absolute atomic E-state index is 0.0447. The Morgan fingerprint density at radius 2 is 1.95 bits per heavy atom. The van der Waals surface area contributed by atoms with Gasteiger partial charge in [-0.15, -0.1) is 0 Å². The number of amidine groups is 1. The molecule has 0 radical (unpaired) electrons. The van der Waals surface area contributed by atoms with E-state index in [0.29, 0.717) is 12.1 Å². The topological polar surface area (TPSA) is 53.1 Å². The number of benzene rings is 2. The second kappa shape index (κ2) is 5.52. The molecule has 0 spiro atoms. The van der Waals surface area contributed by atoms with E-state index in [2.05, 4.69) is 0 Å². The molecule has 0 aliphatic carbocycles. The predicted molar refractivity (Wildman–Crippen MR) is 76.0 cm³/mol. The van der Waals surface area contributed by atoms with Gasteiger partial charge in [0.25, 0.3) is 0 Å². The number of nitrogen functional groups attached to an aromatic ring is 1. The Labute approximate surface area is 112 Å². The van der Waals surface area contributed by atoms with Crippen molar-refractivity contribution in [2.75, 3.05) is 11.9 Å². The summed E-state index contributed by atoms with van der Waals surface area (Å²) >= 11 is 0. The zero-order chi connectivity index (χ0) is 13.8. The van der Waals surface area contributed by atoms with Gasteiger partial charge in [-0.2, -0.15) is 0 Å². The first-order valence-corrected chi connectivity index (χ1v) is 5.97. The van der Waals surface area contributed by atoms with Gasteiger partial charge in [0.15, 0.2) is 0 Å². The lowest BCUT2D eigenvalue weighted by atomic mass is 10.1. The number of nitrogens with one attached hydrogen (secondary N) is 1. The van der Waals surface area contributed by atoms with Crippen molar-refractivity contribution in [3.63, 3.8) is 0 Å². The average Bonchev–Trinajstić information content (AvgIpc) is 2.39. The molecule has 0 atom stereocenters. The Kier molecular flexibility index (Phi) is 3.80. The summed E-state index contributed by atoms with van der Waals surface area (Å²) in [7, 11) is 1.88. The van der Waals surface area contributed by atoms with E-state index in [-0.39, 0.29) is 11.7 Å². The summed E-state index contributed by atoms with van der Waals surface area (Å²) in [6.45, 7) is 0.569. The smallest absolute Gasteiger partial charge is 0.125 e. The highest BCUT2D eigenvalue weighted by atomic mass is 19.1. The number of hydrogen-bond acceptors (Lipinski definition) is 2. The van der Waals surface area contributed by atoms with Crippen LogP contribution in [0.1, 0.15) is 11.1 Å². The summed E-state index contributed by atoms with van der Waals surface area (Å²) < 4.78 is 13.2. The van der Waals surface area contributed by atoms with Gasteiger partial charge in [0, 0.05) is 24.8 Å². The van der Waals surface area contributed by atoms with Crippen LogP contribution in [0.2, 0.25) is 0 Å². The Morgan fingerprint density at radius 1 is 1.21 bits per heavy atom. The molecule has 98 valence electrons. The molecule has 19 heavy (non-hydrogen) atoms. The van der Waals surface area contributed by atoms with Gasteiger partial charge in [-0.3, -0.25) is 5.41 Å². The Morgan fingerprint density at radius 3 is 2.63 bits per heavy atom. The number of hydrogen-bond donors (Lipinski definition) is 2. The molecule has 0 bridgehead atoms. The van der Waals surface area contributed by atoms with Gasteiger partial charge in [-0.05, 0) is 23.8 Å². The minimum Gasteiger partial charge on any atom is -0.384 e. The van der Waals surface area contributed by atoms with E-state index < -0.39 is 0 Å². The molecule has 0 amide bonds. The van der Waals surface area contributed by atoms with Crippen molar-refractivity contribution in [1.82, 2.24) is 0 Å². The number of nitrogens with zero attached hydrogens (tertiary/aromatic N) is 1. The molecule has 0 aliphatic rings. The summed E-state index contributed by atoms with van der Waals surface area (Å²) in [4.78, 5) is 1.92. The first-order chi connectivity index (χ1) is 9.08. The van der Waals surface area contributed by atoms with E-state index in [1.807, 2.05) is 42.3 Å². The third kappa shape index (κ3) is 3.10. The maximum Gasteiger partial charge on any atom is 0.125 e. The standard InChI is InChI=1S/C15H16FN3/c1-19(13-7-4-6-12(16)9-13)10-11-5-2-3-8-14(11)15(17)18/h2-9H,10H2,1H3,(H3,17,18). The van der Waals surface area contributed by atoms with Crippen LogP contribution >= 0.6 is 0 Å². The van der Waals surface area contributed by atoms with Crippen molar-refractivity contribution in [3.8, 4) is 0 Å². The van der Waals surface area contributed by atoms with Gasteiger partial charge in [0.1, 0.15) is 11.7 Å². The molecule has 0 unspecified atom stereocenters. The summed E-state index contributed by atoms with van der Waals surface area (Å²) in [6, 6.07) is 13.9. The number of halogens is 1. The molecular formula is C15H16FN3. The van der Waals surface area contributed by atoms with E-state index in [1.165, 1.54) is 12.1 Å². The molecule has 0 saturated heterocycles. The Hall–Kier alpha value is -2.36. The average molecular weight is 257 g/mol. The van der Waals surface area contributed by atoms with Crippen LogP contribution in [0.15, 0.2) is 48.5 Å². The van der Waals surface area contributed by atoms with Crippen molar-refractivity contribution in [2.45, 2.75) is 6.54 Å². The van der Waals surface area contributed by atoms with E-state index in [4.69, 9.17) is 11.1 Å². The van der Waals surface area contributed by atoms with Gasteiger partial charge in [0.05, 0.1) is 0 Å². The van der Waals surface area contributed by atoms with Crippen LogP contribution in [0, 0.1) is 11.2 Å². The fourth-order valence-corrected chi connectivity index (χ4v) is 1.98. The number of nitrogens with two attached hydrogens (primary N) is 1. The zero-order valence-corrected chi connectivity index (χ0v) is 10.7.